The number of nitrogens with one attached hydrogen (secondary N) is 1. The molecule has 3 rings (SSSR count). The monoisotopic (exact) mass is 452 g/mol. The number of carbonyl (C=O) groups is 1. The van der Waals surface area contributed by atoms with Gasteiger partial charge in [0.05, 0.1) is 42.0 Å². The number of halogens is 2. The van der Waals surface area contributed by atoms with Gasteiger partial charge in [-0.15, -0.1) is 5.11 Å². The van der Waals surface area contributed by atoms with Crippen molar-refractivity contribution in [3.8, 4) is 11.3 Å². The fraction of sp³-hybridized carbons (Fsp3) is 0.450. The van der Waals surface area contributed by atoms with Crippen LogP contribution in [0.25, 0.3) is 11.3 Å². The van der Waals surface area contributed by atoms with Crippen LogP contribution in [0.5, 0.6) is 0 Å². The molecule has 2 heterocycles. The number of carbonyl (C=O) groups excluding carboxylic acids is 1. The fourth-order valence-corrected chi connectivity index (χ4v) is 3.48. The van der Waals surface area contributed by atoms with Gasteiger partial charge < -0.3 is 26.0 Å². The number of anilines is 1. The van der Waals surface area contributed by atoms with Crippen molar-refractivity contribution in [3.05, 3.63) is 41.2 Å². The molecule has 1 amide bonds. The molecule has 0 spiro atoms. The number of hydrogen-bond acceptors (Lipinski definition) is 7. The topological polar surface area (TPSA) is 131 Å². The van der Waals surface area contributed by atoms with Crippen LogP contribution in [-0.4, -0.2) is 81.9 Å². The summed E-state index contributed by atoms with van der Waals surface area (Å²) in [5, 5.41) is 20.6. The number of ether oxygens (including phenoxy) is 1. The summed E-state index contributed by atoms with van der Waals surface area (Å²) in [5.74, 6) is -0.731. The number of alkyl halides is 2. The second-order valence-corrected chi connectivity index (χ2v) is 7.93. The number of benzene rings is 1. The third-order valence-corrected chi connectivity index (χ3v) is 5.44. The Kier molecular flexibility index (Phi) is 7.45. The number of nitrogens with two attached hydrogens (primary N) is 1. The van der Waals surface area contributed by atoms with Crippen LogP contribution in [0.3, 0.4) is 0 Å². The van der Waals surface area contributed by atoms with E-state index in [1.54, 1.807) is 0 Å². The number of hydrogen-bond donors (Lipinski definition) is 4. The van der Waals surface area contributed by atoms with Crippen LogP contribution < -0.4 is 11.1 Å². The van der Waals surface area contributed by atoms with Crippen molar-refractivity contribution in [2.75, 3.05) is 25.6 Å². The summed E-state index contributed by atoms with van der Waals surface area (Å²) in [7, 11) is 17.5. The largest absolute Gasteiger partial charge is 0.393 e. The number of aliphatic hydroxyl groups excluding tert-OH is 1. The van der Waals surface area contributed by atoms with E-state index in [4.69, 9.17) is 34.0 Å². The maximum Gasteiger partial charge on any atom is 0.273 e. The van der Waals surface area contributed by atoms with Crippen molar-refractivity contribution >= 4 is 35.3 Å². The summed E-state index contributed by atoms with van der Waals surface area (Å²) in [6, 6.07) is 3.32. The van der Waals surface area contributed by atoms with Crippen LogP contribution in [0.2, 0.25) is 0 Å². The Balaban J connectivity index is 2.08. The van der Waals surface area contributed by atoms with E-state index in [9.17, 15) is 23.8 Å². The van der Waals surface area contributed by atoms with Crippen LogP contribution in [0.4, 0.5) is 14.6 Å². The molecule has 1 atom stereocenters. The number of amides is 1. The summed E-state index contributed by atoms with van der Waals surface area (Å²) < 4.78 is 32.3. The van der Waals surface area contributed by atoms with Crippen molar-refractivity contribution in [1.29, 1.82) is 0 Å². The average molecular weight is 452 g/mol. The summed E-state index contributed by atoms with van der Waals surface area (Å²) in [5.41, 5.74) is 2.55. The van der Waals surface area contributed by atoms with Crippen LogP contribution in [0.15, 0.2) is 24.4 Å². The van der Waals surface area contributed by atoms with Crippen LogP contribution in [0, 0.1) is 0 Å². The van der Waals surface area contributed by atoms with Crippen molar-refractivity contribution in [2.24, 2.45) is 0 Å². The quantitative estimate of drug-likeness (QED) is 0.425. The first-order chi connectivity index (χ1) is 15.5. The lowest BCUT2D eigenvalue weighted by Gasteiger charge is -2.29. The van der Waals surface area contributed by atoms with Gasteiger partial charge in [0, 0.05) is 24.8 Å². The first-order valence-electron chi connectivity index (χ1n) is 10.1. The Labute approximate surface area is 193 Å². The third-order valence-electron chi connectivity index (χ3n) is 5.44. The lowest BCUT2D eigenvalue weighted by atomic mass is 9.39. The van der Waals surface area contributed by atoms with Gasteiger partial charge in [-0.1, -0.05) is 17.7 Å². The SMILES string of the molecule is [B]C([B])([B])c1ccc(C(O)(CO)C(F)F)cc1-c1cnc(N)c(C(=O)NC2CCOCC2)n1. The number of aromatic nitrogens is 2. The Morgan fingerprint density at radius 2 is 1.97 bits per heavy atom. The molecule has 5 N–H and O–H groups in total. The predicted octanol–water partition coefficient (Wildman–Crippen LogP) is -0.305. The molecule has 33 heavy (non-hydrogen) atoms. The maximum absolute atomic E-state index is 13.5. The summed E-state index contributed by atoms with van der Waals surface area (Å²) >= 11 is 0. The predicted molar refractivity (Wildman–Crippen MR) is 119 cm³/mol. The highest BCUT2D eigenvalue weighted by Gasteiger charge is 2.40. The van der Waals surface area contributed by atoms with Gasteiger partial charge in [-0.25, -0.2) is 18.7 Å². The molecule has 6 radical (unpaired) electrons. The molecular formula is C20H21B3F2N4O4. The lowest BCUT2D eigenvalue weighted by Crippen LogP contribution is -2.39. The first kappa shape index (κ1) is 25.1. The highest BCUT2D eigenvalue weighted by Crippen LogP contribution is 2.35. The first-order valence-corrected chi connectivity index (χ1v) is 10.1. The summed E-state index contributed by atoms with van der Waals surface area (Å²) in [6.45, 7) is -0.244. The molecule has 1 aliphatic heterocycles. The van der Waals surface area contributed by atoms with Crippen molar-refractivity contribution in [3.63, 3.8) is 0 Å². The molecule has 0 bridgehead atoms. The van der Waals surface area contributed by atoms with Gasteiger partial charge in [0.15, 0.2) is 17.1 Å². The van der Waals surface area contributed by atoms with Crippen LogP contribution in [0.1, 0.15) is 34.5 Å². The van der Waals surface area contributed by atoms with Gasteiger partial charge in [0.2, 0.25) is 0 Å². The number of aliphatic hydroxyl groups is 2. The van der Waals surface area contributed by atoms with Gasteiger partial charge >= 0.3 is 0 Å². The zero-order valence-corrected chi connectivity index (χ0v) is 17.7. The molecule has 0 saturated carbocycles. The minimum absolute atomic E-state index is 0.00143. The maximum atomic E-state index is 13.5. The molecule has 1 fully saturated rings. The molecule has 8 nitrogen and oxygen atoms in total. The minimum Gasteiger partial charge on any atom is -0.393 e. The normalized spacial score (nSPS) is 17.0. The zero-order chi connectivity index (χ0) is 24.4. The number of nitrogen functional groups attached to an aromatic ring is 1. The van der Waals surface area contributed by atoms with E-state index in [0.29, 0.717) is 26.1 Å². The van der Waals surface area contributed by atoms with Crippen molar-refractivity contribution in [2.45, 2.75) is 36.0 Å². The molecule has 1 saturated heterocycles. The molecule has 1 aromatic carbocycles. The van der Waals surface area contributed by atoms with Gasteiger partial charge in [-0.3, -0.25) is 4.79 Å². The van der Waals surface area contributed by atoms with Gasteiger partial charge in [0.25, 0.3) is 12.3 Å². The second-order valence-electron chi connectivity index (χ2n) is 7.93. The summed E-state index contributed by atoms with van der Waals surface area (Å²) in [4.78, 5) is 21.0. The number of rotatable bonds is 7. The second kappa shape index (κ2) is 9.78. The van der Waals surface area contributed by atoms with Gasteiger partial charge in [-0.2, -0.15) is 0 Å². The Morgan fingerprint density at radius 1 is 1.30 bits per heavy atom. The third kappa shape index (κ3) is 5.36. The molecule has 0 aliphatic carbocycles. The smallest absolute Gasteiger partial charge is 0.273 e. The molecule has 1 aromatic heterocycles. The van der Waals surface area contributed by atoms with E-state index in [-0.39, 0.29) is 39.9 Å². The van der Waals surface area contributed by atoms with E-state index in [1.165, 1.54) is 12.3 Å². The average Bonchev–Trinajstić information content (AvgIpc) is 2.78. The van der Waals surface area contributed by atoms with E-state index in [2.05, 4.69) is 15.3 Å². The van der Waals surface area contributed by atoms with Crippen molar-refractivity contribution < 1.29 is 28.5 Å². The fourth-order valence-electron chi connectivity index (χ4n) is 3.48. The van der Waals surface area contributed by atoms with Gasteiger partial charge in [0.1, 0.15) is 0 Å². The molecule has 1 aliphatic rings. The van der Waals surface area contributed by atoms with Crippen LogP contribution in [-0.2, 0) is 15.5 Å². The highest BCUT2D eigenvalue weighted by molar-refractivity contribution is 6.59. The minimum atomic E-state index is -3.31. The van der Waals surface area contributed by atoms with E-state index >= 15 is 0 Å². The molecule has 13 heteroatoms. The standard InChI is InChI=1S/C20H21B3F2N4O4/c21-20(22,23)13-2-1-10(19(32,9-30)18(24)25)7-12(13)14-8-27-16(26)15(29-14)17(31)28-11-3-5-33-6-4-11/h1-2,7-8,11,18,30,32H,3-6,9H2,(H2,26,27)(H,28,31). The zero-order valence-electron chi connectivity index (χ0n) is 17.7. The molecule has 168 valence electrons. The summed E-state index contributed by atoms with van der Waals surface area (Å²) in [6.07, 6.45) is -0.879. The Hall–Kier alpha value is -2.50. The highest BCUT2D eigenvalue weighted by atomic mass is 19.3. The van der Waals surface area contributed by atoms with Crippen LogP contribution >= 0.6 is 0 Å². The van der Waals surface area contributed by atoms with Gasteiger partial charge in [-0.05, 0) is 24.5 Å². The van der Waals surface area contributed by atoms with E-state index in [0.717, 1.165) is 12.1 Å². The lowest BCUT2D eigenvalue weighted by molar-refractivity contribution is -0.129. The number of nitrogens with zero attached hydrogens (tertiary/aromatic N) is 2. The van der Waals surface area contributed by atoms with E-state index in [1.807, 2.05) is 0 Å². The Morgan fingerprint density at radius 3 is 2.55 bits per heavy atom. The van der Waals surface area contributed by atoms with E-state index < -0.39 is 29.7 Å². The molecule has 1 unspecified atom stereocenters. The molecular weight excluding hydrogens is 431 g/mol. The molecule has 2 aromatic rings. The van der Waals surface area contributed by atoms with Crippen molar-refractivity contribution in [1.82, 2.24) is 15.3 Å². The Bertz CT molecular complexity index is 1020.